The molecule has 0 spiro atoms. The van der Waals surface area contributed by atoms with E-state index in [1.54, 1.807) is 0 Å². The highest BCUT2D eigenvalue weighted by Gasteiger charge is 2.17. The fourth-order valence-corrected chi connectivity index (χ4v) is 2.34. The Morgan fingerprint density at radius 1 is 0.950 bits per heavy atom. The largest absolute Gasteiger partial charge is 0.379 e. The summed E-state index contributed by atoms with van der Waals surface area (Å²) < 4.78 is 16.3. The first kappa shape index (κ1) is 17.2. The van der Waals surface area contributed by atoms with Gasteiger partial charge in [-0.05, 0) is 30.2 Å². The molecule has 0 saturated heterocycles. The highest BCUT2D eigenvalue weighted by molar-refractivity contribution is 4.69. The maximum atomic E-state index is 8.06. The quantitative estimate of drug-likeness (QED) is 0.253. The molecule has 0 atom stereocenters. The normalized spacial score (nSPS) is 22.4. The smallest absolute Gasteiger partial charge is 0.0701 e. The van der Waals surface area contributed by atoms with Gasteiger partial charge in [-0.2, -0.15) is 0 Å². The third-order valence-electron chi connectivity index (χ3n) is 3.63. The van der Waals surface area contributed by atoms with Gasteiger partial charge in [-0.25, -0.2) is 0 Å². The van der Waals surface area contributed by atoms with Crippen molar-refractivity contribution >= 4 is 0 Å². The number of rotatable bonds is 11. The maximum Gasteiger partial charge on any atom is 0.0701 e. The van der Waals surface area contributed by atoms with Gasteiger partial charge in [0.05, 0.1) is 33.0 Å². The molecule has 1 rings (SSSR count). The Morgan fingerprint density at radius 2 is 1.55 bits per heavy atom. The summed E-state index contributed by atoms with van der Waals surface area (Å²) in [5.41, 5.74) is 8.06. The lowest BCUT2D eigenvalue weighted by Gasteiger charge is -2.25. The minimum atomic E-state index is 0.375. The van der Waals surface area contributed by atoms with Crippen LogP contribution in [0.2, 0.25) is 0 Å². The van der Waals surface area contributed by atoms with Gasteiger partial charge in [0, 0.05) is 18.1 Å². The number of azide groups is 1. The summed E-state index contributed by atoms with van der Waals surface area (Å²) in [7, 11) is 0. The predicted molar refractivity (Wildman–Crippen MR) is 77.6 cm³/mol. The third-order valence-corrected chi connectivity index (χ3v) is 3.63. The van der Waals surface area contributed by atoms with E-state index in [1.165, 1.54) is 25.7 Å². The first-order chi connectivity index (χ1) is 9.83. The number of ether oxygens (including phenoxy) is 3. The van der Waals surface area contributed by atoms with Crippen LogP contribution in [0.4, 0.5) is 0 Å². The number of hydrogen-bond acceptors (Lipinski definition) is 4. The second-order valence-corrected chi connectivity index (χ2v) is 5.38. The molecule has 116 valence electrons. The Morgan fingerprint density at radius 3 is 2.20 bits per heavy atom. The van der Waals surface area contributed by atoms with Crippen molar-refractivity contribution in [3.63, 3.8) is 0 Å². The third kappa shape index (κ3) is 9.15. The molecule has 0 aromatic carbocycles. The Hall–Kier alpha value is -0.810. The average Bonchev–Trinajstić information content (AvgIpc) is 2.47. The van der Waals surface area contributed by atoms with E-state index in [9.17, 15) is 0 Å². The second-order valence-electron chi connectivity index (χ2n) is 5.38. The van der Waals surface area contributed by atoms with Crippen molar-refractivity contribution in [3.05, 3.63) is 10.4 Å². The summed E-state index contributed by atoms with van der Waals surface area (Å²) >= 11 is 0. The topological polar surface area (TPSA) is 76.5 Å². The molecule has 0 aliphatic heterocycles. The van der Waals surface area contributed by atoms with Crippen molar-refractivity contribution in [2.24, 2.45) is 17.0 Å². The number of nitrogens with zero attached hydrogens (tertiary/aromatic N) is 3. The van der Waals surface area contributed by atoms with Crippen molar-refractivity contribution in [3.8, 4) is 0 Å². The second kappa shape index (κ2) is 12.0. The van der Waals surface area contributed by atoms with Crippen molar-refractivity contribution in [1.82, 2.24) is 0 Å². The van der Waals surface area contributed by atoms with Crippen LogP contribution in [-0.2, 0) is 14.2 Å². The summed E-state index contributed by atoms with van der Waals surface area (Å²) in [6.07, 6.45) is 5.30. The maximum absolute atomic E-state index is 8.06. The molecule has 0 radical (unpaired) electrons. The van der Waals surface area contributed by atoms with E-state index < -0.39 is 0 Å². The molecular weight excluding hydrogens is 258 g/mol. The van der Waals surface area contributed by atoms with E-state index >= 15 is 0 Å². The van der Waals surface area contributed by atoms with Gasteiger partial charge < -0.3 is 14.2 Å². The van der Waals surface area contributed by atoms with E-state index in [0.717, 1.165) is 18.4 Å². The van der Waals surface area contributed by atoms with Gasteiger partial charge in [-0.1, -0.05) is 24.9 Å². The summed E-state index contributed by atoms with van der Waals surface area (Å²) in [5, 5.41) is 3.37. The summed E-state index contributed by atoms with van der Waals surface area (Å²) in [6.45, 7) is 6.39. The zero-order valence-electron chi connectivity index (χ0n) is 12.5. The van der Waals surface area contributed by atoms with Crippen molar-refractivity contribution < 1.29 is 14.2 Å². The first-order valence-corrected chi connectivity index (χ1v) is 7.57. The molecule has 0 aromatic rings. The monoisotopic (exact) mass is 285 g/mol. The van der Waals surface area contributed by atoms with Crippen LogP contribution in [0.3, 0.4) is 0 Å². The highest BCUT2D eigenvalue weighted by Crippen LogP contribution is 2.28. The Labute approximate surface area is 121 Å². The van der Waals surface area contributed by atoms with Crippen LogP contribution >= 0.6 is 0 Å². The summed E-state index contributed by atoms with van der Waals surface area (Å²) in [5.74, 6) is 1.64. The van der Waals surface area contributed by atoms with Crippen molar-refractivity contribution in [2.45, 2.75) is 32.6 Å². The molecule has 0 unspecified atom stereocenters. The van der Waals surface area contributed by atoms with Gasteiger partial charge >= 0.3 is 0 Å². The van der Waals surface area contributed by atoms with Gasteiger partial charge in [0.25, 0.3) is 0 Å². The SMILES string of the molecule is C[C@H]1CC[C@H](COCCOCCOCCN=[N+]=[N-])CC1. The van der Waals surface area contributed by atoms with Crippen LogP contribution in [0, 0.1) is 11.8 Å². The zero-order chi connectivity index (χ0) is 14.5. The molecule has 6 heteroatoms. The molecule has 20 heavy (non-hydrogen) atoms. The average molecular weight is 285 g/mol. The van der Waals surface area contributed by atoms with Crippen LogP contribution in [-0.4, -0.2) is 46.2 Å². The lowest BCUT2D eigenvalue weighted by molar-refractivity contribution is 0.00432. The minimum absolute atomic E-state index is 0.375. The highest BCUT2D eigenvalue weighted by atomic mass is 16.5. The molecule has 0 aromatic heterocycles. The summed E-state index contributed by atoms with van der Waals surface area (Å²) in [4.78, 5) is 2.64. The van der Waals surface area contributed by atoms with Crippen molar-refractivity contribution in [2.75, 3.05) is 46.2 Å². The molecular formula is C14H27N3O3. The van der Waals surface area contributed by atoms with E-state index in [-0.39, 0.29) is 0 Å². The van der Waals surface area contributed by atoms with Crippen molar-refractivity contribution in [1.29, 1.82) is 0 Å². The molecule has 0 N–H and O–H groups in total. The van der Waals surface area contributed by atoms with Gasteiger partial charge in [0.2, 0.25) is 0 Å². The van der Waals surface area contributed by atoms with Gasteiger partial charge in [0.1, 0.15) is 0 Å². The molecule has 0 heterocycles. The molecule has 1 fully saturated rings. The Kier molecular flexibility index (Phi) is 10.3. The van der Waals surface area contributed by atoms with E-state index in [2.05, 4.69) is 16.9 Å². The van der Waals surface area contributed by atoms with Gasteiger partial charge in [-0.15, -0.1) is 0 Å². The minimum Gasteiger partial charge on any atom is -0.379 e. The van der Waals surface area contributed by atoms with Gasteiger partial charge in [-0.3, -0.25) is 0 Å². The standard InChI is InChI=1S/C14H27N3O3/c1-13-2-4-14(5-3-13)12-20-11-10-19-9-8-18-7-6-16-17-15/h13-14H,2-12H2,1H3/t13-,14-. The molecule has 1 saturated carbocycles. The lowest BCUT2D eigenvalue weighted by atomic mass is 9.83. The van der Waals surface area contributed by atoms with Crippen LogP contribution in [0.15, 0.2) is 5.11 Å². The van der Waals surface area contributed by atoms with E-state index in [1.807, 2.05) is 0 Å². The summed E-state index contributed by atoms with van der Waals surface area (Å²) in [6, 6.07) is 0. The molecule has 1 aliphatic carbocycles. The Bertz CT molecular complexity index is 275. The van der Waals surface area contributed by atoms with Crippen LogP contribution < -0.4 is 0 Å². The van der Waals surface area contributed by atoms with E-state index in [4.69, 9.17) is 19.7 Å². The molecule has 6 nitrogen and oxygen atoms in total. The Balaban J connectivity index is 1.77. The van der Waals surface area contributed by atoms with Crippen LogP contribution in [0.5, 0.6) is 0 Å². The van der Waals surface area contributed by atoms with Gasteiger partial charge in [0.15, 0.2) is 0 Å². The number of hydrogen-bond donors (Lipinski definition) is 0. The molecule has 0 amide bonds. The lowest BCUT2D eigenvalue weighted by Crippen LogP contribution is -2.19. The fraction of sp³-hybridized carbons (Fsp3) is 1.00. The van der Waals surface area contributed by atoms with Crippen LogP contribution in [0.25, 0.3) is 10.4 Å². The fourth-order valence-electron chi connectivity index (χ4n) is 2.34. The zero-order valence-corrected chi connectivity index (χ0v) is 12.5. The van der Waals surface area contributed by atoms with E-state index in [0.29, 0.717) is 39.6 Å². The predicted octanol–water partition coefficient (Wildman–Crippen LogP) is 3.17. The van der Waals surface area contributed by atoms with Crippen LogP contribution in [0.1, 0.15) is 32.6 Å². The molecule has 0 bridgehead atoms. The first-order valence-electron chi connectivity index (χ1n) is 7.57. The molecule has 1 aliphatic rings.